The van der Waals surface area contributed by atoms with Gasteiger partial charge in [0, 0.05) is 43.7 Å². The summed E-state index contributed by atoms with van der Waals surface area (Å²) in [5.41, 5.74) is 21.8. The van der Waals surface area contributed by atoms with Crippen LogP contribution < -0.4 is 0 Å². The lowest BCUT2D eigenvalue weighted by atomic mass is 9.58. The summed E-state index contributed by atoms with van der Waals surface area (Å²) >= 11 is 0. The highest BCUT2D eigenvalue weighted by Gasteiger charge is 2.45. The lowest BCUT2D eigenvalue weighted by molar-refractivity contribution is 0.529. The Hall–Kier alpha value is -8.20. The normalized spacial score (nSPS) is 13.8. The summed E-state index contributed by atoms with van der Waals surface area (Å²) in [6, 6.07) is 85.3. The SMILES string of the molecule is CC1(C)c2ccc3c(c2C(C)(C)c2ccc4c(c21)c1ccccc1n4-c1cc(-c2ccccc2)cc(-c2ccccc2)c1)c1ccccc1n3-c1cc(-c2ccccc2)cc(-c2ccccc2)c1. The van der Waals surface area contributed by atoms with Gasteiger partial charge in [-0.05, 0) is 127 Å². The molecule has 0 fully saturated rings. The Kier molecular flexibility index (Phi) is 8.95. The Balaban J connectivity index is 1.06. The van der Waals surface area contributed by atoms with Crippen LogP contribution >= 0.6 is 0 Å². The van der Waals surface area contributed by atoms with Crippen LogP contribution in [0.3, 0.4) is 0 Å². The molecule has 1 aliphatic rings. The van der Waals surface area contributed by atoms with E-state index < -0.39 is 0 Å². The molecule has 10 aromatic carbocycles. The first-order chi connectivity index (χ1) is 33.3. The van der Waals surface area contributed by atoms with Crippen molar-refractivity contribution in [3.8, 4) is 55.9 Å². The van der Waals surface area contributed by atoms with E-state index in [4.69, 9.17) is 0 Å². The van der Waals surface area contributed by atoms with Crippen LogP contribution in [0.5, 0.6) is 0 Å². The highest BCUT2D eigenvalue weighted by molar-refractivity contribution is 6.15. The van der Waals surface area contributed by atoms with Crippen molar-refractivity contribution in [1.29, 1.82) is 0 Å². The van der Waals surface area contributed by atoms with E-state index in [0.717, 1.165) is 11.4 Å². The molecule has 0 aliphatic heterocycles. The van der Waals surface area contributed by atoms with Crippen molar-refractivity contribution in [3.05, 3.63) is 253 Å². The number of hydrogen-bond donors (Lipinski definition) is 0. The Morgan fingerprint density at radius 1 is 0.265 bits per heavy atom. The average Bonchev–Trinajstić information content (AvgIpc) is 3.92. The number of benzene rings is 10. The molecule has 1 aliphatic carbocycles. The Morgan fingerprint density at radius 2 is 0.559 bits per heavy atom. The van der Waals surface area contributed by atoms with E-state index in [2.05, 4.69) is 267 Å². The summed E-state index contributed by atoms with van der Waals surface area (Å²) in [6.45, 7) is 9.87. The molecule has 68 heavy (non-hydrogen) atoms. The second kappa shape index (κ2) is 15.2. The minimum absolute atomic E-state index is 0.333. The molecule has 0 N–H and O–H groups in total. The molecule has 13 rings (SSSR count). The molecule has 2 aromatic heterocycles. The molecule has 324 valence electrons. The van der Waals surface area contributed by atoms with E-state index >= 15 is 0 Å². The van der Waals surface area contributed by atoms with Crippen LogP contribution in [-0.4, -0.2) is 9.13 Å². The maximum atomic E-state index is 2.52. The molecule has 0 amide bonds. The average molecular weight is 871 g/mol. The summed E-state index contributed by atoms with van der Waals surface area (Å²) in [7, 11) is 0. The van der Waals surface area contributed by atoms with Crippen molar-refractivity contribution in [2.24, 2.45) is 0 Å². The van der Waals surface area contributed by atoms with Crippen molar-refractivity contribution in [1.82, 2.24) is 9.13 Å². The highest BCUT2D eigenvalue weighted by atomic mass is 15.0. The van der Waals surface area contributed by atoms with E-state index in [0.29, 0.717) is 0 Å². The van der Waals surface area contributed by atoms with Crippen LogP contribution in [0.4, 0.5) is 0 Å². The Labute approximate surface area is 398 Å². The van der Waals surface area contributed by atoms with Gasteiger partial charge in [0.15, 0.2) is 0 Å². The zero-order valence-electron chi connectivity index (χ0n) is 38.8. The molecule has 0 radical (unpaired) electrons. The zero-order valence-corrected chi connectivity index (χ0v) is 38.8. The number of nitrogens with zero attached hydrogens (tertiary/aromatic N) is 2. The monoisotopic (exact) mass is 870 g/mol. The Bertz CT molecular complexity index is 3550. The number of hydrogen-bond acceptors (Lipinski definition) is 0. The van der Waals surface area contributed by atoms with Crippen molar-refractivity contribution >= 4 is 43.6 Å². The molecular formula is C66H50N2. The largest absolute Gasteiger partial charge is 0.309 e. The maximum Gasteiger partial charge on any atom is 0.0544 e. The summed E-state index contributed by atoms with van der Waals surface area (Å²) < 4.78 is 5.04. The fourth-order valence-corrected chi connectivity index (χ4v) is 12.0. The predicted octanol–water partition coefficient (Wildman–Crippen LogP) is 17.5. The third-order valence-electron chi connectivity index (χ3n) is 15.1. The van der Waals surface area contributed by atoms with E-state index in [9.17, 15) is 0 Å². The van der Waals surface area contributed by atoms with Gasteiger partial charge in [0.1, 0.15) is 0 Å². The van der Waals surface area contributed by atoms with Gasteiger partial charge < -0.3 is 9.13 Å². The van der Waals surface area contributed by atoms with E-state index in [1.165, 1.54) is 110 Å². The molecule has 12 aromatic rings. The molecular weight excluding hydrogens is 821 g/mol. The second-order valence-corrected chi connectivity index (χ2v) is 19.7. The first-order valence-electron chi connectivity index (χ1n) is 23.9. The van der Waals surface area contributed by atoms with Crippen LogP contribution in [0.25, 0.3) is 99.5 Å². The highest BCUT2D eigenvalue weighted by Crippen LogP contribution is 2.56. The third-order valence-corrected chi connectivity index (χ3v) is 15.1. The van der Waals surface area contributed by atoms with Crippen LogP contribution in [0.2, 0.25) is 0 Å². The van der Waals surface area contributed by atoms with Crippen molar-refractivity contribution in [2.75, 3.05) is 0 Å². The number of rotatable bonds is 6. The van der Waals surface area contributed by atoms with Gasteiger partial charge in [-0.1, -0.05) is 198 Å². The molecule has 0 atom stereocenters. The molecule has 2 heterocycles. The lowest BCUT2D eigenvalue weighted by Gasteiger charge is -2.45. The van der Waals surface area contributed by atoms with E-state index in [1.54, 1.807) is 0 Å². The molecule has 0 bridgehead atoms. The van der Waals surface area contributed by atoms with Crippen LogP contribution in [0, 0.1) is 0 Å². The van der Waals surface area contributed by atoms with Gasteiger partial charge in [-0.15, -0.1) is 0 Å². The summed E-state index contributed by atoms with van der Waals surface area (Å²) in [5, 5.41) is 5.23. The van der Waals surface area contributed by atoms with Gasteiger partial charge in [-0.2, -0.15) is 0 Å². The van der Waals surface area contributed by atoms with Gasteiger partial charge in [0.05, 0.1) is 22.1 Å². The molecule has 0 spiro atoms. The van der Waals surface area contributed by atoms with Gasteiger partial charge in [0.25, 0.3) is 0 Å². The van der Waals surface area contributed by atoms with Crippen molar-refractivity contribution < 1.29 is 0 Å². The van der Waals surface area contributed by atoms with Gasteiger partial charge in [0.2, 0.25) is 0 Å². The first-order valence-corrected chi connectivity index (χ1v) is 23.9. The lowest BCUT2D eigenvalue weighted by Crippen LogP contribution is -2.37. The topological polar surface area (TPSA) is 9.86 Å². The summed E-state index contributed by atoms with van der Waals surface area (Å²) in [6.07, 6.45) is 0. The van der Waals surface area contributed by atoms with Gasteiger partial charge in [-0.3, -0.25) is 0 Å². The third kappa shape index (κ3) is 6.03. The maximum absolute atomic E-state index is 2.52. The second-order valence-electron chi connectivity index (χ2n) is 19.7. The quantitative estimate of drug-likeness (QED) is 0.158. The molecule has 2 heteroatoms. The van der Waals surface area contributed by atoms with Gasteiger partial charge in [-0.25, -0.2) is 0 Å². The molecule has 0 saturated heterocycles. The van der Waals surface area contributed by atoms with Crippen LogP contribution in [0.1, 0.15) is 49.9 Å². The number of fused-ring (bicyclic) bond motifs is 10. The van der Waals surface area contributed by atoms with E-state index in [-0.39, 0.29) is 10.8 Å². The fraction of sp³-hybridized carbons (Fsp3) is 0.0909. The van der Waals surface area contributed by atoms with Crippen molar-refractivity contribution in [2.45, 2.75) is 38.5 Å². The van der Waals surface area contributed by atoms with E-state index in [1.807, 2.05) is 0 Å². The number of para-hydroxylation sites is 2. The molecule has 0 unspecified atom stereocenters. The predicted molar refractivity (Wildman–Crippen MR) is 288 cm³/mol. The standard InChI is InChI=1S/C66H50N2/c1-65(2)55-33-35-60-62(54-30-18-20-32-58(54)68(60)52-41-49(45-25-13-7-14-26-45)38-50(42-52)46-27-15-8-16-28-46)64(55)66(3,4)56-34-36-59-61(63(56)65)53-29-17-19-31-57(53)67(59)51-39-47(43-21-9-5-10-22-43)37-48(40-51)44-23-11-6-12-24-44/h5-42H,1-4H3. The first kappa shape index (κ1) is 40.1. The minimum Gasteiger partial charge on any atom is -0.309 e. The fourth-order valence-electron chi connectivity index (χ4n) is 12.0. The molecule has 0 saturated carbocycles. The minimum atomic E-state index is -0.333. The molecule has 2 nitrogen and oxygen atoms in total. The summed E-state index contributed by atoms with van der Waals surface area (Å²) in [5.74, 6) is 0. The van der Waals surface area contributed by atoms with Crippen LogP contribution in [-0.2, 0) is 10.8 Å². The Morgan fingerprint density at radius 3 is 0.882 bits per heavy atom. The van der Waals surface area contributed by atoms with Crippen molar-refractivity contribution in [3.63, 3.8) is 0 Å². The van der Waals surface area contributed by atoms with Gasteiger partial charge >= 0.3 is 0 Å². The summed E-state index contributed by atoms with van der Waals surface area (Å²) in [4.78, 5) is 0. The smallest absolute Gasteiger partial charge is 0.0544 e. The number of aromatic nitrogens is 2. The van der Waals surface area contributed by atoms with Crippen LogP contribution in [0.15, 0.2) is 231 Å². The zero-order chi connectivity index (χ0) is 45.7.